The maximum absolute atomic E-state index is 12.3. The van der Waals surface area contributed by atoms with Crippen molar-refractivity contribution in [2.24, 2.45) is 11.8 Å². The van der Waals surface area contributed by atoms with Crippen LogP contribution in [0.15, 0.2) is 47.4 Å². The normalized spacial score (nSPS) is 13.3. The number of benzene rings is 2. The van der Waals surface area contributed by atoms with Crippen LogP contribution in [-0.2, 0) is 14.8 Å². The molecule has 2 aromatic rings. The molecule has 0 spiro atoms. The summed E-state index contributed by atoms with van der Waals surface area (Å²) in [6.45, 7) is 5.48. The Labute approximate surface area is 125 Å². The molecular formula is C16H19NO3S. The highest BCUT2D eigenvalue weighted by Crippen LogP contribution is 2.19. The average molecular weight is 305 g/mol. The number of hydrogen-bond acceptors (Lipinski definition) is 3. The van der Waals surface area contributed by atoms with Gasteiger partial charge in [-0.1, -0.05) is 51.1 Å². The van der Waals surface area contributed by atoms with Crippen LogP contribution in [-0.4, -0.2) is 14.3 Å². The number of nitrogens with one attached hydrogen (secondary N) is 1. The Morgan fingerprint density at radius 3 is 2.24 bits per heavy atom. The van der Waals surface area contributed by atoms with E-state index in [1.165, 1.54) is 6.07 Å². The highest BCUT2D eigenvalue weighted by atomic mass is 32.2. The van der Waals surface area contributed by atoms with Crippen LogP contribution in [0.2, 0.25) is 0 Å². The van der Waals surface area contributed by atoms with Gasteiger partial charge in [0, 0.05) is 5.92 Å². The van der Waals surface area contributed by atoms with Gasteiger partial charge in [0.1, 0.15) is 0 Å². The maximum Gasteiger partial charge on any atom is 0.264 e. The lowest BCUT2D eigenvalue weighted by atomic mass is 9.98. The van der Waals surface area contributed by atoms with Crippen LogP contribution < -0.4 is 4.72 Å². The molecule has 4 nitrogen and oxygen atoms in total. The molecule has 0 aromatic heterocycles. The number of rotatable bonds is 4. The van der Waals surface area contributed by atoms with Gasteiger partial charge in [-0.05, 0) is 28.8 Å². The number of amides is 1. The van der Waals surface area contributed by atoms with E-state index in [1.807, 2.05) is 38.1 Å². The van der Waals surface area contributed by atoms with E-state index in [2.05, 4.69) is 4.72 Å². The fourth-order valence-electron chi connectivity index (χ4n) is 1.92. The van der Waals surface area contributed by atoms with E-state index >= 15 is 0 Å². The second-order valence-electron chi connectivity index (χ2n) is 5.51. The third kappa shape index (κ3) is 3.42. The molecule has 2 aromatic carbocycles. The quantitative estimate of drug-likeness (QED) is 0.944. The molecule has 0 heterocycles. The molecule has 112 valence electrons. The zero-order valence-electron chi connectivity index (χ0n) is 12.3. The minimum absolute atomic E-state index is 0.0804. The van der Waals surface area contributed by atoms with Crippen LogP contribution in [0.25, 0.3) is 10.8 Å². The summed E-state index contributed by atoms with van der Waals surface area (Å²) in [7, 11) is -3.83. The molecule has 0 saturated carbocycles. The number of carbonyl (C=O) groups excluding carboxylic acids is 1. The van der Waals surface area contributed by atoms with Gasteiger partial charge < -0.3 is 0 Å². The summed E-state index contributed by atoms with van der Waals surface area (Å²) in [6.07, 6.45) is 0. The van der Waals surface area contributed by atoms with Crippen LogP contribution in [0.4, 0.5) is 0 Å². The van der Waals surface area contributed by atoms with Crippen molar-refractivity contribution >= 4 is 26.7 Å². The minimum Gasteiger partial charge on any atom is -0.274 e. The Morgan fingerprint density at radius 2 is 1.62 bits per heavy atom. The van der Waals surface area contributed by atoms with Crippen LogP contribution in [0, 0.1) is 11.8 Å². The van der Waals surface area contributed by atoms with Crippen molar-refractivity contribution in [1.29, 1.82) is 0 Å². The largest absolute Gasteiger partial charge is 0.274 e. The summed E-state index contributed by atoms with van der Waals surface area (Å²) < 4.78 is 26.7. The van der Waals surface area contributed by atoms with Gasteiger partial charge in [-0.25, -0.2) is 13.1 Å². The zero-order chi connectivity index (χ0) is 15.6. The van der Waals surface area contributed by atoms with E-state index in [1.54, 1.807) is 19.1 Å². The smallest absolute Gasteiger partial charge is 0.264 e. The standard InChI is InChI=1S/C16H19NO3S/c1-11(2)12(3)16(18)17-21(19,20)15-9-8-13-6-4-5-7-14(13)10-15/h4-12H,1-3H3,(H,17,18). The average Bonchev–Trinajstić information content (AvgIpc) is 2.45. The summed E-state index contributed by atoms with van der Waals surface area (Å²) in [5.41, 5.74) is 0. The molecule has 0 fully saturated rings. The number of fused-ring (bicyclic) bond motifs is 1. The van der Waals surface area contributed by atoms with Crippen molar-refractivity contribution in [2.45, 2.75) is 25.7 Å². The molecule has 21 heavy (non-hydrogen) atoms. The Bertz CT molecular complexity index is 766. The van der Waals surface area contributed by atoms with Crippen molar-refractivity contribution in [3.05, 3.63) is 42.5 Å². The summed E-state index contributed by atoms with van der Waals surface area (Å²) in [5.74, 6) is -0.754. The molecule has 1 amide bonds. The van der Waals surface area contributed by atoms with Gasteiger partial charge >= 0.3 is 0 Å². The van der Waals surface area contributed by atoms with Gasteiger partial charge in [0.15, 0.2) is 0 Å². The van der Waals surface area contributed by atoms with E-state index in [0.29, 0.717) is 0 Å². The lowest BCUT2D eigenvalue weighted by Crippen LogP contribution is -2.36. The maximum atomic E-state index is 12.3. The number of sulfonamides is 1. The minimum atomic E-state index is -3.83. The van der Waals surface area contributed by atoms with Crippen molar-refractivity contribution in [2.75, 3.05) is 0 Å². The molecular weight excluding hydrogens is 286 g/mol. The third-order valence-electron chi connectivity index (χ3n) is 3.68. The third-order valence-corrected chi connectivity index (χ3v) is 5.02. The van der Waals surface area contributed by atoms with Crippen molar-refractivity contribution in [3.8, 4) is 0 Å². The first-order valence-corrected chi connectivity index (χ1v) is 8.35. The Balaban J connectivity index is 2.31. The summed E-state index contributed by atoms with van der Waals surface area (Å²) in [6, 6.07) is 12.3. The molecule has 5 heteroatoms. The lowest BCUT2D eigenvalue weighted by molar-refractivity contribution is -0.123. The molecule has 0 aliphatic carbocycles. The van der Waals surface area contributed by atoms with Gasteiger partial charge in [-0.2, -0.15) is 0 Å². The summed E-state index contributed by atoms with van der Waals surface area (Å²) in [4.78, 5) is 12.0. The predicted octanol–water partition coefficient (Wildman–Crippen LogP) is 2.94. The first kappa shape index (κ1) is 15.5. The monoisotopic (exact) mass is 305 g/mol. The molecule has 0 saturated heterocycles. The van der Waals surface area contributed by atoms with Gasteiger partial charge in [-0.3, -0.25) is 4.79 Å². The topological polar surface area (TPSA) is 63.2 Å². The molecule has 0 bridgehead atoms. The molecule has 1 unspecified atom stereocenters. The second kappa shape index (κ2) is 5.85. The molecule has 2 rings (SSSR count). The zero-order valence-corrected chi connectivity index (χ0v) is 13.1. The summed E-state index contributed by atoms with van der Waals surface area (Å²) in [5, 5.41) is 1.78. The van der Waals surface area contributed by atoms with Crippen molar-refractivity contribution < 1.29 is 13.2 Å². The first-order valence-electron chi connectivity index (χ1n) is 6.87. The molecule has 0 aliphatic heterocycles. The first-order chi connectivity index (χ1) is 9.81. The van der Waals surface area contributed by atoms with Crippen LogP contribution in [0.1, 0.15) is 20.8 Å². The van der Waals surface area contributed by atoms with E-state index in [4.69, 9.17) is 0 Å². The fraction of sp³-hybridized carbons (Fsp3) is 0.312. The fourth-order valence-corrected chi connectivity index (χ4v) is 3.02. The Morgan fingerprint density at radius 1 is 1.00 bits per heavy atom. The van der Waals surface area contributed by atoms with Crippen LogP contribution in [0.3, 0.4) is 0 Å². The van der Waals surface area contributed by atoms with Gasteiger partial charge in [0.25, 0.3) is 10.0 Å². The highest BCUT2D eigenvalue weighted by Gasteiger charge is 2.23. The van der Waals surface area contributed by atoms with Crippen molar-refractivity contribution in [3.63, 3.8) is 0 Å². The lowest BCUT2D eigenvalue weighted by Gasteiger charge is -2.15. The highest BCUT2D eigenvalue weighted by molar-refractivity contribution is 7.90. The van der Waals surface area contributed by atoms with Gasteiger partial charge in [0.05, 0.1) is 4.90 Å². The predicted molar refractivity (Wildman–Crippen MR) is 83.3 cm³/mol. The van der Waals surface area contributed by atoms with Gasteiger partial charge in [0.2, 0.25) is 5.91 Å². The van der Waals surface area contributed by atoms with E-state index in [9.17, 15) is 13.2 Å². The van der Waals surface area contributed by atoms with Gasteiger partial charge in [-0.15, -0.1) is 0 Å². The van der Waals surface area contributed by atoms with E-state index in [-0.39, 0.29) is 16.7 Å². The SMILES string of the molecule is CC(C)C(C)C(=O)NS(=O)(=O)c1ccc2ccccc2c1. The second-order valence-corrected chi connectivity index (χ2v) is 7.19. The van der Waals surface area contributed by atoms with E-state index in [0.717, 1.165) is 10.8 Å². The molecule has 0 aliphatic rings. The molecule has 1 atom stereocenters. The number of carbonyl (C=O) groups is 1. The molecule has 0 radical (unpaired) electrons. The molecule has 1 N–H and O–H groups in total. The Hall–Kier alpha value is -1.88. The van der Waals surface area contributed by atoms with Crippen LogP contribution >= 0.6 is 0 Å². The van der Waals surface area contributed by atoms with Crippen LogP contribution in [0.5, 0.6) is 0 Å². The van der Waals surface area contributed by atoms with Crippen molar-refractivity contribution in [1.82, 2.24) is 4.72 Å². The Kier molecular flexibility index (Phi) is 4.32. The summed E-state index contributed by atoms with van der Waals surface area (Å²) >= 11 is 0. The van der Waals surface area contributed by atoms with E-state index < -0.39 is 15.9 Å². The number of hydrogen-bond donors (Lipinski definition) is 1.